The molecule has 112 valence electrons. The van der Waals surface area contributed by atoms with E-state index in [9.17, 15) is 0 Å². The fourth-order valence-electron chi connectivity index (χ4n) is 1.83. The molecule has 0 unspecified atom stereocenters. The maximum atomic E-state index is 6.06. The van der Waals surface area contributed by atoms with Crippen molar-refractivity contribution >= 4 is 41.5 Å². The molecule has 2 aromatic carbocycles. The largest absolute Gasteiger partial charge is 0.370 e. The average molecular weight is 416 g/mol. The van der Waals surface area contributed by atoms with Gasteiger partial charge in [0.25, 0.3) is 0 Å². The van der Waals surface area contributed by atoms with Crippen LogP contribution in [-0.4, -0.2) is 12.5 Å². The van der Waals surface area contributed by atoms with Gasteiger partial charge in [0.15, 0.2) is 5.96 Å². The molecule has 0 aliphatic rings. The summed E-state index contributed by atoms with van der Waals surface area (Å²) in [5.74, 6) is 0.445. The lowest BCUT2D eigenvalue weighted by Crippen LogP contribution is -2.33. The molecule has 0 amide bonds. The first-order chi connectivity index (χ1) is 9.75. The molecule has 0 heterocycles. The molecule has 0 aromatic heterocycles. The summed E-state index contributed by atoms with van der Waals surface area (Å²) in [5, 5.41) is 3.82. The lowest BCUT2D eigenvalue weighted by molar-refractivity contribution is 0.848. The molecule has 0 saturated carbocycles. The molecular weight excluding hydrogens is 397 g/mol. The summed E-state index contributed by atoms with van der Waals surface area (Å²) in [6, 6.07) is 17.9. The maximum absolute atomic E-state index is 6.06. The Labute approximate surface area is 147 Å². The normalized spacial score (nSPS) is 10.8. The van der Waals surface area contributed by atoms with E-state index in [-0.39, 0.29) is 24.0 Å². The Morgan fingerprint density at radius 2 is 1.71 bits per heavy atom. The number of nitrogens with one attached hydrogen (secondary N) is 1. The Morgan fingerprint density at radius 1 is 1.05 bits per heavy atom. The SMILES string of the molecule is I.NC(=NCc1ccccc1Cl)NCCc1ccccc1. The highest BCUT2D eigenvalue weighted by atomic mass is 127. The Hall–Kier alpha value is -1.27. The highest BCUT2D eigenvalue weighted by molar-refractivity contribution is 14.0. The van der Waals surface area contributed by atoms with Gasteiger partial charge in [0.1, 0.15) is 0 Å². The van der Waals surface area contributed by atoms with Gasteiger partial charge < -0.3 is 11.1 Å². The van der Waals surface area contributed by atoms with Gasteiger partial charge in [-0.3, -0.25) is 0 Å². The summed E-state index contributed by atoms with van der Waals surface area (Å²) in [7, 11) is 0. The van der Waals surface area contributed by atoms with Crippen LogP contribution in [0.5, 0.6) is 0 Å². The van der Waals surface area contributed by atoms with E-state index in [2.05, 4.69) is 22.4 Å². The second kappa shape index (κ2) is 9.63. The van der Waals surface area contributed by atoms with Gasteiger partial charge in [-0.05, 0) is 23.6 Å². The van der Waals surface area contributed by atoms with Crippen LogP contribution < -0.4 is 11.1 Å². The molecule has 21 heavy (non-hydrogen) atoms. The van der Waals surface area contributed by atoms with E-state index < -0.39 is 0 Å². The van der Waals surface area contributed by atoms with Crippen molar-refractivity contribution < 1.29 is 0 Å². The maximum Gasteiger partial charge on any atom is 0.188 e. The smallest absolute Gasteiger partial charge is 0.188 e. The first-order valence-electron chi connectivity index (χ1n) is 6.57. The first-order valence-corrected chi connectivity index (χ1v) is 6.94. The van der Waals surface area contributed by atoms with E-state index in [1.165, 1.54) is 5.56 Å². The van der Waals surface area contributed by atoms with Crippen LogP contribution in [0.2, 0.25) is 5.02 Å². The lowest BCUT2D eigenvalue weighted by atomic mass is 10.1. The van der Waals surface area contributed by atoms with Crippen LogP contribution >= 0.6 is 35.6 Å². The minimum atomic E-state index is 0. The number of hydrogen-bond donors (Lipinski definition) is 2. The highest BCUT2D eigenvalue weighted by Gasteiger charge is 1.98. The number of guanidine groups is 1. The molecule has 0 fully saturated rings. The average Bonchev–Trinajstić information content (AvgIpc) is 2.47. The molecule has 3 nitrogen and oxygen atoms in total. The summed E-state index contributed by atoms with van der Waals surface area (Å²) in [5.41, 5.74) is 8.08. The van der Waals surface area contributed by atoms with Crippen molar-refractivity contribution in [3.8, 4) is 0 Å². The van der Waals surface area contributed by atoms with Gasteiger partial charge in [-0.25, -0.2) is 4.99 Å². The van der Waals surface area contributed by atoms with Gasteiger partial charge in [0, 0.05) is 11.6 Å². The zero-order chi connectivity index (χ0) is 14.2. The van der Waals surface area contributed by atoms with Crippen molar-refractivity contribution in [3.63, 3.8) is 0 Å². The molecule has 2 rings (SSSR count). The second-order valence-corrected chi connectivity index (χ2v) is 4.86. The van der Waals surface area contributed by atoms with Gasteiger partial charge in [-0.2, -0.15) is 0 Å². The number of rotatable bonds is 5. The molecule has 2 aromatic rings. The number of benzene rings is 2. The predicted molar refractivity (Wildman–Crippen MR) is 100 cm³/mol. The van der Waals surface area contributed by atoms with E-state index in [0.29, 0.717) is 17.5 Å². The van der Waals surface area contributed by atoms with Crippen molar-refractivity contribution in [1.29, 1.82) is 0 Å². The Bertz CT molecular complexity index is 573. The monoisotopic (exact) mass is 415 g/mol. The zero-order valence-electron chi connectivity index (χ0n) is 11.6. The van der Waals surface area contributed by atoms with Gasteiger partial charge >= 0.3 is 0 Å². The van der Waals surface area contributed by atoms with Gasteiger partial charge in [0.2, 0.25) is 0 Å². The molecule has 5 heteroatoms. The zero-order valence-corrected chi connectivity index (χ0v) is 14.7. The highest BCUT2D eigenvalue weighted by Crippen LogP contribution is 2.15. The quantitative estimate of drug-likeness (QED) is 0.445. The van der Waals surface area contributed by atoms with Crippen LogP contribution in [0.3, 0.4) is 0 Å². The second-order valence-electron chi connectivity index (χ2n) is 4.46. The standard InChI is InChI=1S/C16H18ClN3.HI/c17-15-9-5-4-8-14(15)12-20-16(18)19-11-10-13-6-2-1-3-7-13;/h1-9H,10-12H2,(H3,18,19,20);1H. The van der Waals surface area contributed by atoms with Crippen LogP contribution in [0.4, 0.5) is 0 Å². The van der Waals surface area contributed by atoms with Gasteiger partial charge in [-0.1, -0.05) is 60.1 Å². The van der Waals surface area contributed by atoms with Crippen LogP contribution in [-0.2, 0) is 13.0 Å². The molecule has 3 N–H and O–H groups in total. The molecule has 0 saturated heterocycles. The molecule has 0 spiro atoms. The van der Waals surface area contributed by atoms with E-state index >= 15 is 0 Å². The van der Waals surface area contributed by atoms with Crippen LogP contribution in [0.15, 0.2) is 59.6 Å². The summed E-state index contributed by atoms with van der Waals surface area (Å²) in [6.45, 7) is 1.26. The minimum absolute atomic E-state index is 0. The number of aliphatic imine (C=N–C) groups is 1. The first kappa shape index (κ1) is 17.8. The third kappa shape index (κ3) is 6.35. The third-order valence-electron chi connectivity index (χ3n) is 2.94. The molecular formula is C16H19ClIN3. The van der Waals surface area contributed by atoms with Crippen molar-refractivity contribution in [3.05, 3.63) is 70.7 Å². The summed E-state index contributed by atoms with van der Waals surface area (Å²) < 4.78 is 0. The molecule has 0 bridgehead atoms. The fourth-order valence-corrected chi connectivity index (χ4v) is 2.03. The van der Waals surface area contributed by atoms with Crippen LogP contribution in [0, 0.1) is 0 Å². The number of nitrogens with two attached hydrogens (primary N) is 1. The Kier molecular flexibility index (Phi) is 8.15. The number of nitrogens with zero attached hydrogens (tertiary/aromatic N) is 1. The summed E-state index contributed by atoms with van der Waals surface area (Å²) >= 11 is 6.06. The van der Waals surface area contributed by atoms with Crippen molar-refractivity contribution in [2.75, 3.05) is 6.54 Å². The Morgan fingerprint density at radius 3 is 2.43 bits per heavy atom. The van der Waals surface area contributed by atoms with E-state index in [0.717, 1.165) is 18.5 Å². The molecule has 0 aliphatic heterocycles. The third-order valence-corrected chi connectivity index (χ3v) is 3.31. The number of halogens is 2. The topological polar surface area (TPSA) is 50.4 Å². The molecule has 0 aliphatic carbocycles. The molecule has 0 atom stereocenters. The summed E-state index contributed by atoms with van der Waals surface area (Å²) in [4.78, 5) is 4.29. The van der Waals surface area contributed by atoms with Crippen molar-refractivity contribution in [2.45, 2.75) is 13.0 Å². The van der Waals surface area contributed by atoms with Crippen LogP contribution in [0.25, 0.3) is 0 Å². The van der Waals surface area contributed by atoms with E-state index in [1.807, 2.05) is 42.5 Å². The predicted octanol–water partition coefficient (Wildman–Crippen LogP) is 3.61. The lowest BCUT2D eigenvalue weighted by Gasteiger charge is -2.06. The molecule has 0 radical (unpaired) electrons. The van der Waals surface area contributed by atoms with Crippen LogP contribution in [0.1, 0.15) is 11.1 Å². The van der Waals surface area contributed by atoms with Crippen molar-refractivity contribution in [2.24, 2.45) is 10.7 Å². The Balaban J connectivity index is 0.00000220. The number of hydrogen-bond acceptors (Lipinski definition) is 1. The summed E-state index contributed by atoms with van der Waals surface area (Å²) in [6.07, 6.45) is 0.920. The fraction of sp³-hybridized carbons (Fsp3) is 0.188. The van der Waals surface area contributed by atoms with Crippen molar-refractivity contribution in [1.82, 2.24) is 5.32 Å². The minimum Gasteiger partial charge on any atom is -0.370 e. The van der Waals surface area contributed by atoms with E-state index in [1.54, 1.807) is 0 Å². The van der Waals surface area contributed by atoms with Gasteiger partial charge in [0.05, 0.1) is 6.54 Å². The van der Waals surface area contributed by atoms with E-state index in [4.69, 9.17) is 17.3 Å². The van der Waals surface area contributed by atoms with Gasteiger partial charge in [-0.15, -0.1) is 24.0 Å².